The molecule has 0 aliphatic rings. The monoisotopic (exact) mass is 828 g/mol. The van der Waals surface area contributed by atoms with Crippen molar-refractivity contribution >= 4 is 34.5 Å². The lowest BCUT2D eigenvalue weighted by Gasteiger charge is -2.09. The van der Waals surface area contributed by atoms with Gasteiger partial charge in [-0.2, -0.15) is 0 Å². The number of aliphatic carboxylic acids is 1. The van der Waals surface area contributed by atoms with Gasteiger partial charge in [0.15, 0.2) is 0 Å². The Hall–Kier alpha value is -0.810. The zero-order chi connectivity index (χ0) is 35.6. The molecule has 0 rings (SSSR count). The van der Waals surface area contributed by atoms with E-state index >= 15 is 0 Å². The molecule has 0 atom stereocenters. The quantitative estimate of drug-likeness (QED) is 0.0408. The van der Waals surface area contributed by atoms with Crippen LogP contribution in [0.25, 0.3) is 0 Å². The van der Waals surface area contributed by atoms with E-state index in [0.717, 1.165) is 11.0 Å². The molecule has 1 N–H and O–H groups in total. The number of rotatable bonds is 43. The third kappa shape index (κ3) is 45.2. The van der Waals surface area contributed by atoms with Gasteiger partial charge in [0.2, 0.25) is 0 Å². The largest absolute Gasteiger partial charge is 0.481 e. The van der Waals surface area contributed by atoms with Gasteiger partial charge in [0.25, 0.3) is 0 Å². The number of hydrogen-bond donors (Lipinski definition) is 1. The van der Waals surface area contributed by atoms with Crippen LogP contribution >= 0.6 is 22.6 Å². The summed E-state index contributed by atoms with van der Waals surface area (Å²) in [4.78, 5) is 21.9. The average Bonchev–Trinajstić information content (AvgIpc) is 3.09. The molecule has 0 amide bonds. The Kier molecular flexibility index (Phi) is 42.6. The van der Waals surface area contributed by atoms with Gasteiger partial charge >= 0.3 is 11.9 Å². The molecule has 0 heterocycles. The fraction of sp³-hybridized carbons (Fsp3) is 0.938. The van der Waals surface area contributed by atoms with E-state index in [2.05, 4.69) is 22.6 Å². The molecule has 0 saturated carbocycles. The number of carboxylic acid groups (broad SMARTS) is 1. The predicted molar refractivity (Wildman–Crippen MR) is 186 cm³/mol. The third-order valence-electron chi connectivity index (χ3n) is 5.83. The van der Waals surface area contributed by atoms with Crippen LogP contribution in [0.15, 0.2) is 0 Å². The maximum Gasteiger partial charge on any atom is 0.305 e. The van der Waals surface area contributed by atoms with Gasteiger partial charge in [-0.25, -0.2) is 0 Å². The molecule has 0 radical (unpaired) electrons. The molecule has 0 aliphatic carbocycles. The molecule has 0 aromatic heterocycles. The highest BCUT2D eigenvalue weighted by molar-refractivity contribution is 14.1. The zero-order valence-electron chi connectivity index (χ0n) is 29.2. The van der Waals surface area contributed by atoms with E-state index in [1.807, 2.05) is 0 Å². The standard InChI is InChI=1S/C32H61IO16/c33-5-6-37-7-8-38-9-10-39-11-12-40-13-14-41-15-16-42-17-18-43-19-20-44-21-22-45-23-24-46-25-26-47-27-28-48-29-30-49-32(36)4-2-1-3-31(34)35/h1-30H2,(H,34,35). The second-order valence-corrected chi connectivity index (χ2v) is 10.9. The number of carboxylic acids is 1. The summed E-state index contributed by atoms with van der Waals surface area (Å²) in [5.74, 6) is -1.21. The normalized spacial score (nSPS) is 11.4. The van der Waals surface area contributed by atoms with Crippen LogP contribution in [0.1, 0.15) is 25.7 Å². The molecule has 0 bridgehead atoms. The number of unbranched alkanes of at least 4 members (excludes halogenated alkanes) is 1. The second-order valence-electron chi connectivity index (χ2n) is 9.86. The zero-order valence-corrected chi connectivity index (χ0v) is 31.3. The van der Waals surface area contributed by atoms with Crippen LogP contribution < -0.4 is 0 Å². The lowest BCUT2D eigenvalue weighted by atomic mass is 10.2. The molecule has 0 fully saturated rings. The predicted octanol–water partition coefficient (Wildman–Crippen LogP) is 1.81. The van der Waals surface area contributed by atoms with Crippen LogP contribution in [0, 0.1) is 0 Å². The van der Waals surface area contributed by atoms with Crippen LogP contribution in [0.3, 0.4) is 0 Å². The topological polar surface area (TPSA) is 174 Å². The highest BCUT2D eigenvalue weighted by Crippen LogP contribution is 2.01. The van der Waals surface area contributed by atoms with Crippen molar-refractivity contribution in [2.45, 2.75) is 25.7 Å². The van der Waals surface area contributed by atoms with Crippen LogP contribution in [0.5, 0.6) is 0 Å². The Labute approximate surface area is 305 Å². The summed E-state index contributed by atoms with van der Waals surface area (Å²) in [5.41, 5.74) is 0. The number of halogens is 1. The summed E-state index contributed by atoms with van der Waals surface area (Å²) in [7, 11) is 0. The number of carbonyl (C=O) groups excluding carboxylic acids is 1. The Bertz CT molecular complexity index is 679. The average molecular weight is 829 g/mol. The van der Waals surface area contributed by atoms with Gasteiger partial charge in [-0.1, -0.05) is 22.6 Å². The summed E-state index contributed by atoms with van der Waals surface area (Å²) in [6.45, 7) is 12.1. The maximum absolute atomic E-state index is 11.5. The van der Waals surface area contributed by atoms with Gasteiger partial charge in [0, 0.05) is 17.3 Å². The molecule has 17 heteroatoms. The van der Waals surface area contributed by atoms with Crippen LogP contribution in [0.4, 0.5) is 0 Å². The van der Waals surface area contributed by atoms with E-state index in [1.54, 1.807) is 0 Å². The highest BCUT2D eigenvalue weighted by atomic mass is 127. The minimum atomic E-state index is -0.863. The molecule has 0 aromatic rings. The van der Waals surface area contributed by atoms with E-state index in [1.165, 1.54) is 0 Å². The molecule has 0 saturated heterocycles. The molecule has 0 unspecified atom stereocenters. The van der Waals surface area contributed by atoms with Crippen molar-refractivity contribution in [2.75, 3.05) is 170 Å². The molecular formula is C32H61IO16. The minimum Gasteiger partial charge on any atom is -0.481 e. The van der Waals surface area contributed by atoms with Gasteiger partial charge in [0.05, 0.1) is 159 Å². The van der Waals surface area contributed by atoms with Gasteiger partial charge in [0.1, 0.15) is 6.61 Å². The first-order valence-corrected chi connectivity index (χ1v) is 18.6. The maximum atomic E-state index is 11.5. The molecule has 0 aromatic carbocycles. The number of esters is 1. The molecule has 0 aliphatic heterocycles. The van der Waals surface area contributed by atoms with E-state index in [9.17, 15) is 9.59 Å². The van der Waals surface area contributed by atoms with Crippen molar-refractivity contribution in [3.8, 4) is 0 Å². The first kappa shape index (κ1) is 48.2. The van der Waals surface area contributed by atoms with Crippen molar-refractivity contribution in [1.82, 2.24) is 0 Å². The van der Waals surface area contributed by atoms with E-state index < -0.39 is 5.97 Å². The summed E-state index contributed by atoms with van der Waals surface area (Å²) < 4.78 is 71.1. The molecule has 16 nitrogen and oxygen atoms in total. The third-order valence-corrected chi connectivity index (χ3v) is 6.27. The van der Waals surface area contributed by atoms with Crippen LogP contribution in [-0.2, 0) is 71.2 Å². The fourth-order valence-electron chi connectivity index (χ4n) is 3.41. The summed E-state index contributed by atoms with van der Waals surface area (Å²) in [5, 5.41) is 8.55. The molecule has 49 heavy (non-hydrogen) atoms. The van der Waals surface area contributed by atoms with E-state index in [4.69, 9.17) is 66.7 Å². The fourth-order valence-corrected chi connectivity index (χ4v) is 3.72. The lowest BCUT2D eigenvalue weighted by Crippen LogP contribution is -2.15. The second kappa shape index (κ2) is 43.4. The van der Waals surface area contributed by atoms with Gasteiger partial charge in [-0.3, -0.25) is 9.59 Å². The summed E-state index contributed by atoms with van der Waals surface area (Å²) >= 11 is 2.27. The smallest absolute Gasteiger partial charge is 0.305 e. The van der Waals surface area contributed by atoms with Crippen LogP contribution in [0.2, 0.25) is 0 Å². The first-order valence-electron chi connectivity index (χ1n) is 17.0. The Morgan fingerprint density at radius 2 is 0.571 bits per heavy atom. The lowest BCUT2D eigenvalue weighted by molar-refractivity contribution is -0.146. The number of ether oxygens (including phenoxy) is 13. The van der Waals surface area contributed by atoms with Crippen molar-refractivity contribution in [1.29, 1.82) is 0 Å². The van der Waals surface area contributed by atoms with E-state index in [-0.39, 0.29) is 32.0 Å². The summed E-state index contributed by atoms with van der Waals surface area (Å²) in [6.07, 6.45) is 1.23. The van der Waals surface area contributed by atoms with Gasteiger partial charge in [-0.15, -0.1) is 0 Å². The Morgan fingerprint density at radius 3 is 0.816 bits per heavy atom. The number of carbonyl (C=O) groups is 2. The van der Waals surface area contributed by atoms with Crippen molar-refractivity contribution < 1.29 is 76.3 Å². The Balaban J connectivity index is 3.09. The molecule has 292 valence electrons. The van der Waals surface area contributed by atoms with Crippen molar-refractivity contribution in [2.24, 2.45) is 0 Å². The SMILES string of the molecule is O=C(O)CCCCC(=O)OCCOCCOCCOCCOCCOCCOCCOCCOCCOCCOCCOCCOCCI. The van der Waals surface area contributed by atoms with E-state index in [0.29, 0.717) is 158 Å². The number of alkyl halides is 1. The minimum absolute atomic E-state index is 0.0595. The molecular weight excluding hydrogens is 767 g/mol. The first-order chi connectivity index (χ1) is 24.2. The highest BCUT2D eigenvalue weighted by Gasteiger charge is 2.04. The molecule has 0 spiro atoms. The summed E-state index contributed by atoms with van der Waals surface area (Å²) in [6, 6.07) is 0. The van der Waals surface area contributed by atoms with Gasteiger partial charge < -0.3 is 66.7 Å². The van der Waals surface area contributed by atoms with Crippen molar-refractivity contribution in [3.05, 3.63) is 0 Å². The number of hydrogen-bond acceptors (Lipinski definition) is 15. The van der Waals surface area contributed by atoms with Gasteiger partial charge in [-0.05, 0) is 12.8 Å². The van der Waals surface area contributed by atoms with Crippen molar-refractivity contribution in [3.63, 3.8) is 0 Å². The van der Waals surface area contributed by atoms with Crippen LogP contribution in [-0.4, -0.2) is 187 Å². The Morgan fingerprint density at radius 1 is 0.347 bits per heavy atom.